The van der Waals surface area contributed by atoms with Gasteiger partial charge in [0, 0.05) is 13.1 Å². The Labute approximate surface area is 106 Å². The number of nitrogens with zero attached hydrogens (tertiary/aromatic N) is 2. The van der Waals surface area contributed by atoms with Crippen LogP contribution < -0.4 is 4.90 Å². The van der Waals surface area contributed by atoms with Gasteiger partial charge in [-0.2, -0.15) is 5.26 Å². The Morgan fingerprint density at radius 3 is 2.78 bits per heavy atom. The maximum atomic E-state index is 13.8. The molecule has 1 aromatic carbocycles. The number of hydrogen-bond donors (Lipinski definition) is 0. The molecule has 4 nitrogen and oxygen atoms in total. The van der Waals surface area contributed by atoms with Crippen LogP contribution in [-0.4, -0.2) is 26.2 Å². The largest absolute Gasteiger partial charge is 0.469 e. The van der Waals surface area contributed by atoms with Crippen molar-refractivity contribution in [1.29, 1.82) is 5.26 Å². The van der Waals surface area contributed by atoms with Crippen molar-refractivity contribution in [3.05, 3.63) is 29.6 Å². The van der Waals surface area contributed by atoms with Gasteiger partial charge in [0.05, 0.1) is 30.9 Å². The Balaban J connectivity index is 2.82. The first kappa shape index (κ1) is 14.0. The summed E-state index contributed by atoms with van der Waals surface area (Å²) in [6.45, 7) is 2.82. The Bertz CT molecular complexity index is 469. The number of esters is 1. The molecule has 0 amide bonds. The van der Waals surface area contributed by atoms with E-state index in [4.69, 9.17) is 5.26 Å². The third-order valence-corrected chi connectivity index (χ3v) is 2.61. The number of hydrogen-bond acceptors (Lipinski definition) is 4. The minimum Gasteiger partial charge on any atom is -0.469 e. The van der Waals surface area contributed by atoms with Crippen LogP contribution in [0.2, 0.25) is 0 Å². The molecule has 0 aromatic heterocycles. The van der Waals surface area contributed by atoms with Crippen LogP contribution in [0, 0.1) is 17.1 Å². The lowest BCUT2D eigenvalue weighted by Gasteiger charge is -2.23. The highest BCUT2D eigenvalue weighted by molar-refractivity contribution is 5.70. The Kier molecular flexibility index (Phi) is 5.12. The Morgan fingerprint density at radius 1 is 1.56 bits per heavy atom. The van der Waals surface area contributed by atoms with Gasteiger partial charge in [-0.05, 0) is 25.1 Å². The van der Waals surface area contributed by atoms with Gasteiger partial charge in [-0.25, -0.2) is 4.39 Å². The molecule has 18 heavy (non-hydrogen) atoms. The van der Waals surface area contributed by atoms with Crippen molar-refractivity contribution < 1.29 is 13.9 Å². The molecular formula is C13H15FN2O2. The second kappa shape index (κ2) is 6.60. The molecule has 0 fully saturated rings. The summed E-state index contributed by atoms with van der Waals surface area (Å²) in [4.78, 5) is 12.8. The van der Waals surface area contributed by atoms with Crippen molar-refractivity contribution >= 4 is 11.7 Å². The number of benzene rings is 1. The highest BCUT2D eigenvalue weighted by Gasteiger charge is 2.12. The monoisotopic (exact) mass is 250 g/mol. The molecule has 0 bridgehead atoms. The van der Waals surface area contributed by atoms with Gasteiger partial charge in [-0.1, -0.05) is 0 Å². The van der Waals surface area contributed by atoms with Crippen LogP contribution in [0.15, 0.2) is 18.2 Å². The average Bonchev–Trinajstić information content (AvgIpc) is 2.40. The Morgan fingerprint density at radius 2 is 2.28 bits per heavy atom. The molecule has 0 unspecified atom stereocenters. The van der Waals surface area contributed by atoms with Gasteiger partial charge in [0.25, 0.3) is 0 Å². The molecule has 0 N–H and O–H groups in total. The standard InChI is InChI=1S/C13H15FN2O2/c1-3-16(7-6-13(17)18-2)12-5-4-10(9-15)8-11(12)14/h4-5,8H,3,6-7H2,1-2H3. The summed E-state index contributed by atoms with van der Waals surface area (Å²) in [5.74, 6) is -0.789. The molecular weight excluding hydrogens is 235 g/mol. The van der Waals surface area contributed by atoms with Crippen LogP contribution in [0.25, 0.3) is 0 Å². The van der Waals surface area contributed by atoms with E-state index in [1.54, 1.807) is 17.0 Å². The summed E-state index contributed by atoms with van der Waals surface area (Å²) in [7, 11) is 1.32. The molecule has 0 aliphatic heterocycles. The number of nitriles is 1. The van der Waals surface area contributed by atoms with E-state index in [0.717, 1.165) is 0 Å². The van der Waals surface area contributed by atoms with Crippen molar-refractivity contribution in [1.82, 2.24) is 0 Å². The minimum atomic E-state index is -0.458. The molecule has 5 heteroatoms. The summed E-state index contributed by atoms with van der Waals surface area (Å²) >= 11 is 0. The van der Waals surface area contributed by atoms with Crippen molar-refractivity contribution in [3.63, 3.8) is 0 Å². The molecule has 0 spiro atoms. The lowest BCUT2D eigenvalue weighted by Crippen LogP contribution is -2.27. The maximum Gasteiger partial charge on any atom is 0.307 e. The van der Waals surface area contributed by atoms with E-state index in [9.17, 15) is 9.18 Å². The number of carbonyl (C=O) groups excluding carboxylic acids is 1. The molecule has 0 aliphatic rings. The molecule has 0 aliphatic carbocycles. The molecule has 1 rings (SSSR count). The molecule has 0 saturated heterocycles. The fraction of sp³-hybridized carbons (Fsp3) is 0.385. The van der Waals surface area contributed by atoms with Gasteiger partial charge in [-0.15, -0.1) is 0 Å². The van der Waals surface area contributed by atoms with Gasteiger partial charge in [0.15, 0.2) is 0 Å². The lowest BCUT2D eigenvalue weighted by molar-refractivity contribution is -0.140. The number of methoxy groups -OCH3 is 1. The SMILES string of the molecule is CCN(CCC(=O)OC)c1ccc(C#N)cc1F. The number of halogens is 1. The highest BCUT2D eigenvalue weighted by atomic mass is 19.1. The van der Waals surface area contributed by atoms with Crippen LogP contribution in [0.4, 0.5) is 10.1 Å². The zero-order valence-electron chi connectivity index (χ0n) is 10.4. The van der Waals surface area contributed by atoms with E-state index >= 15 is 0 Å². The first-order valence-electron chi connectivity index (χ1n) is 5.63. The number of carbonyl (C=O) groups is 1. The van der Waals surface area contributed by atoms with Crippen molar-refractivity contribution in [3.8, 4) is 6.07 Å². The quantitative estimate of drug-likeness (QED) is 0.751. The fourth-order valence-electron chi connectivity index (χ4n) is 1.61. The molecule has 0 atom stereocenters. The van der Waals surface area contributed by atoms with E-state index in [0.29, 0.717) is 18.8 Å². The van der Waals surface area contributed by atoms with Crippen molar-refractivity contribution in [2.75, 3.05) is 25.1 Å². The predicted octanol–water partition coefficient (Wildman–Crippen LogP) is 2.09. The molecule has 96 valence electrons. The van der Waals surface area contributed by atoms with Crippen LogP contribution >= 0.6 is 0 Å². The average molecular weight is 250 g/mol. The van der Waals surface area contributed by atoms with Crippen LogP contribution in [0.3, 0.4) is 0 Å². The Hall–Kier alpha value is -2.09. The van der Waals surface area contributed by atoms with Crippen LogP contribution in [-0.2, 0) is 9.53 Å². The van der Waals surface area contributed by atoms with Crippen LogP contribution in [0.1, 0.15) is 18.9 Å². The highest BCUT2D eigenvalue weighted by Crippen LogP contribution is 2.20. The summed E-state index contributed by atoms with van der Waals surface area (Å²) in [6, 6.07) is 6.17. The van der Waals surface area contributed by atoms with Crippen LogP contribution in [0.5, 0.6) is 0 Å². The maximum absolute atomic E-state index is 13.8. The summed E-state index contributed by atoms with van der Waals surface area (Å²) in [5.41, 5.74) is 0.667. The molecule has 0 heterocycles. The third-order valence-electron chi connectivity index (χ3n) is 2.61. The molecule has 1 aromatic rings. The summed E-state index contributed by atoms with van der Waals surface area (Å²) in [6.07, 6.45) is 0.198. The zero-order chi connectivity index (χ0) is 13.5. The smallest absolute Gasteiger partial charge is 0.307 e. The van der Waals surface area contributed by atoms with Crippen molar-refractivity contribution in [2.45, 2.75) is 13.3 Å². The fourth-order valence-corrected chi connectivity index (χ4v) is 1.61. The van der Waals surface area contributed by atoms with E-state index in [-0.39, 0.29) is 18.0 Å². The third kappa shape index (κ3) is 3.45. The van der Waals surface area contributed by atoms with E-state index in [1.165, 1.54) is 13.2 Å². The first-order chi connectivity index (χ1) is 8.62. The second-order valence-corrected chi connectivity index (χ2v) is 3.68. The minimum absolute atomic E-state index is 0.198. The van der Waals surface area contributed by atoms with Gasteiger partial charge in [0.2, 0.25) is 0 Å². The van der Waals surface area contributed by atoms with Gasteiger partial charge in [0.1, 0.15) is 5.82 Å². The van der Waals surface area contributed by atoms with Gasteiger partial charge >= 0.3 is 5.97 Å². The van der Waals surface area contributed by atoms with E-state index in [1.807, 2.05) is 13.0 Å². The number of ether oxygens (including phenoxy) is 1. The molecule has 0 radical (unpaired) electrons. The first-order valence-corrected chi connectivity index (χ1v) is 5.63. The zero-order valence-corrected chi connectivity index (χ0v) is 10.4. The van der Waals surface area contributed by atoms with Gasteiger partial charge < -0.3 is 9.64 Å². The molecule has 0 saturated carbocycles. The van der Waals surface area contributed by atoms with Crippen molar-refractivity contribution in [2.24, 2.45) is 0 Å². The number of anilines is 1. The lowest BCUT2D eigenvalue weighted by atomic mass is 10.2. The topological polar surface area (TPSA) is 53.3 Å². The second-order valence-electron chi connectivity index (χ2n) is 3.68. The number of rotatable bonds is 5. The summed E-state index contributed by atoms with van der Waals surface area (Å²) < 4.78 is 18.3. The summed E-state index contributed by atoms with van der Waals surface area (Å²) in [5, 5.41) is 8.67. The van der Waals surface area contributed by atoms with E-state index < -0.39 is 5.82 Å². The van der Waals surface area contributed by atoms with E-state index in [2.05, 4.69) is 4.74 Å². The predicted molar refractivity (Wildman–Crippen MR) is 65.6 cm³/mol. The van der Waals surface area contributed by atoms with Gasteiger partial charge in [-0.3, -0.25) is 4.79 Å². The normalized spacial score (nSPS) is 9.67.